The first-order chi connectivity index (χ1) is 9.93. The number of hydrogen-bond donors (Lipinski definition) is 1. The molecule has 1 saturated heterocycles. The summed E-state index contributed by atoms with van der Waals surface area (Å²) in [4.78, 5) is 34.2. The fraction of sp³-hybridized carbons (Fsp3) is 0.250. The lowest BCUT2D eigenvalue weighted by Gasteiger charge is -2.17. The van der Waals surface area contributed by atoms with Crippen LogP contribution in [0.25, 0.3) is 0 Å². The van der Waals surface area contributed by atoms with E-state index >= 15 is 0 Å². The molecule has 110 valence electrons. The van der Waals surface area contributed by atoms with E-state index < -0.39 is 4.92 Å². The molecular weight excluding hydrogens is 298 g/mol. The number of hydrogen-bond acceptors (Lipinski definition) is 6. The SMILES string of the molecule is COc1cc([N+](=O)[O-])ccc1NC(=S)N1C(=O)CCC1=O. The Hall–Kier alpha value is -2.55. The number of nitro groups is 1. The number of imide groups is 1. The maximum absolute atomic E-state index is 11.6. The minimum absolute atomic E-state index is 0.0744. The van der Waals surface area contributed by atoms with Gasteiger partial charge in [-0.05, 0) is 18.3 Å². The van der Waals surface area contributed by atoms with Crippen molar-refractivity contribution >= 4 is 40.5 Å². The van der Waals surface area contributed by atoms with Crippen LogP contribution in [0, 0.1) is 10.1 Å². The number of carbonyl (C=O) groups excluding carboxylic acids is 2. The van der Waals surface area contributed by atoms with Crippen LogP contribution in [0.15, 0.2) is 18.2 Å². The van der Waals surface area contributed by atoms with Gasteiger partial charge in [0.2, 0.25) is 11.8 Å². The second kappa shape index (κ2) is 5.83. The Morgan fingerprint density at radius 3 is 2.52 bits per heavy atom. The summed E-state index contributed by atoms with van der Waals surface area (Å²) in [6.45, 7) is 0. The molecule has 0 aliphatic carbocycles. The quantitative estimate of drug-likeness (QED) is 0.390. The molecule has 8 nitrogen and oxygen atoms in total. The molecule has 2 amide bonds. The third-order valence-corrected chi connectivity index (χ3v) is 3.18. The van der Waals surface area contributed by atoms with Crippen molar-refractivity contribution in [2.24, 2.45) is 0 Å². The molecule has 1 heterocycles. The monoisotopic (exact) mass is 309 g/mol. The van der Waals surface area contributed by atoms with Crippen LogP contribution in [-0.2, 0) is 9.59 Å². The average molecular weight is 309 g/mol. The van der Waals surface area contributed by atoms with E-state index in [0.29, 0.717) is 5.69 Å². The molecule has 0 radical (unpaired) electrons. The van der Waals surface area contributed by atoms with Gasteiger partial charge in [0, 0.05) is 18.9 Å². The summed E-state index contributed by atoms with van der Waals surface area (Å²) in [5.41, 5.74) is 0.192. The number of nitro benzene ring substituents is 1. The Balaban J connectivity index is 2.23. The molecule has 0 unspecified atom stereocenters. The fourth-order valence-corrected chi connectivity index (χ4v) is 2.18. The van der Waals surface area contributed by atoms with Gasteiger partial charge >= 0.3 is 0 Å². The van der Waals surface area contributed by atoms with E-state index in [1.165, 1.54) is 25.3 Å². The Kier molecular flexibility index (Phi) is 4.13. The summed E-state index contributed by atoms with van der Waals surface area (Å²) in [5.74, 6) is -0.567. The van der Waals surface area contributed by atoms with Gasteiger partial charge in [0.1, 0.15) is 5.75 Å². The van der Waals surface area contributed by atoms with E-state index in [2.05, 4.69) is 5.32 Å². The average Bonchev–Trinajstić information content (AvgIpc) is 2.78. The van der Waals surface area contributed by atoms with E-state index in [0.717, 1.165) is 4.90 Å². The van der Waals surface area contributed by atoms with Crippen LogP contribution in [-0.4, -0.2) is 33.9 Å². The van der Waals surface area contributed by atoms with Crippen LogP contribution in [0.2, 0.25) is 0 Å². The predicted octanol–water partition coefficient (Wildman–Crippen LogP) is 1.45. The van der Waals surface area contributed by atoms with E-state index in [1.54, 1.807) is 0 Å². The zero-order valence-electron chi connectivity index (χ0n) is 11.0. The van der Waals surface area contributed by atoms with Crippen molar-refractivity contribution < 1.29 is 19.2 Å². The van der Waals surface area contributed by atoms with Crippen LogP contribution in [0.4, 0.5) is 11.4 Å². The Labute approximate surface area is 124 Å². The van der Waals surface area contributed by atoms with Crippen molar-refractivity contribution in [3.63, 3.8) is 0 Å². The molecule has 1 aliphatic heterocycles. The first-order valence-corrected chi connectivity index (χ1v) is 6.34. The molecule has 0 saturated carbocycles. The molecule has 0 atom stereocenters. The zero-order chi connectivity index (χ0) is 15.6. The number of rotatable bonds is 3. The molecule has 1 N–H and O–H groups in total. The van der Waals surface area contributed by atoms with Crippen LogP contribution in [0.5, 0.6) is 5.75 Å². The molecule has 0 spiro atoms. The van der Waals surface area contributed by atoms with Crippen LogP contribution in [0.1, 0.15) is 12.8 Å². The molecule has 0 bridgehead atoms. The van der Waals surface area contributed by atoms with Crippen molar-refractivity contribution in [2.45, 2.75) is 12.8 Å². The van der Waals surface area contributed by atoms with Gasteiger partial charge in [0.15, 0.2) is 5.11 Å². The van der Waals surface area contributed by atoms with Gasteiger partial charge in [-0.1, -0.05) is 0 Å². The third-order valence-electron chi connectivity index (χ3n) is 2.89. The van der Waals surface area contributed by atoms with Crippen LogP contribution in [0.3, 0.4) is 0 Å². The summed E-state index contributed by atoms with van der Waals surface area (Å²) in [6, 6.07) is 3.88. The van der Waals surface area contributed by atoms with Crippen molar-refractivity contribution in [1.29, 1.82) is 0 Å². The molecule has 2 rings (SSSR count). The van der Waals surface area contributed by atoms with E-state index in [4.69, 9.17) is 17.0 Å². The molecular formula is C12H11N3O5S. The van der Waals surface area contributed by atoms with Crippen LogP contribution < -0.4 is 10.1 Å². The molecule has 1 aromatic carbocycles. The van der Waals surface area contributed by atoms with Crippen molar-refractivity contribution in [2.75, 3.05) is 12.4 Å². The summed E-state index contributed by atoms with van der Waals surface area (Å²) < 4.78 is 5.04. The van der Waals surface area contributed by atoms with Crippen molar-refractivity contribution in [3.8, 4) is 5.75 Å². The number of likely N-dealkylation sites (tertiary alicyclic amines) is 1. The second-order valence-electron chi connectivity index (χ2n) is 4.19. The highest BCUT2D eigenvalue weighted by atomic mass is 32.1. The minimum atomic E-state index is -0.557. The molecule has 1 aliphatic rings. The molecule has 0 aromatic heterocycles. The van der Waals surface area contributed by atoms with Gasteiger partial charge < -0.3 is 10.1 Å². The number of anilines is 1. The van der Waals surface area contributed by atoms with Gasteiger partial charge in [0.25, 0.3) is 5.69 Å². The highest BCUT2D eigenvalue weighted by Crippen LogP contribution is 2.29. The number of methoxy groups -OCH3 is 1. The van der Waals surface area contributed by atoms with E-state index in [9.17, 15) is 19.7 Å². The Bertz CT molecular complexity index is 630. The molecule has 21 heavy (non-hydrogen) atoms. The first-order valence-electron chi connectivity index (χ1n) is 5.93. The lowest BCUT2D eigenvalue weighted by atomic mass is 10.2. The number of amides is 2. The van der Waals surface area contributed by atoms with E-state index in [-0.39, 0.29) is 41.2 Å². The summed E-state index contributed by atoms with van der Waals surface area (Å²) in [6.07, 6.45) is 0.246. The maximum atomic E-state index is 11.6. The standard InChI is InChI=1S/C12H11N3O5S/c1-20-9-6-7(15(18)19)2-3-8(9)13-12(21)14-10(16)4-5-11(14)17/h2-3,6H,4-5H2,1H3,(H,13,21). The lowest BCUT2D eigenvalue weighted by Crippen LogP contribution is -2.38. The van der Waals surface area contributed by atoms with Gasteiger partial charge in [-0.2, -0.15) is 0 Å². The number of ether oxygens (including phenoxy) is 1. The van der Waals surface area contributed by atoms with Crippen molar-refractivity contribution in [1.82, 2.24) is 4.90 Å². The highest BCUT2D eigenvalue weighted by Gasteiger charge is 2.32. The van der Waals surface area contributed by atoms with Crippen molar-refractivity contribution in [3.05, 3.63) is 28.3 Å². The molecule has 1 fully saturated rings. The summed E-state index contributed by atoms with van der Waals surface area (Å²) >= 11 is 5.03. The van der Waals surface area contributed by atoms with E-state index in [1.807, 2.05) is 0 Å². The normalized spacial score (nSPS) is 14.2. The Morgan fingerprint density at radius 2 is 2.00 bits per heavy atom. The molecule has 1 aromatic rings. The third kappa shape index (κ3) is 2.97. The van der Waals surface area contributed by atoms with Gasteiger partial charge in [-0.15, -0.1) is 0 Å². The highest BCUT2D eigenvalue weighted by molar-refractivity contribution is 7.80. The largest absolute Gasteiger partial charge is 0.494 e. The lowest BCUT2D eigenvalue weighted by molar-refractivity contribution is -0.384. The van der Waals surface area contributed by atoms with Gasteiger partial charge in [-0.25, -0.2) is 4.90 Å². The summed E-state index contributed by atoms with van der Waals surface area (Å²) in [5, 5.41) is 13.3. The fourth-order valence-electron chi connectivity index (χ4n) is 1.87. The minimum Gasteiger partial charge on any atom is -0.494 e. The first kappa shape index (κ1) is 14.9. The predicted molar refractivity (Wildman–Crippen MR) is 77.0 cm³/mol. The number of nitrogens with zero attached hydrogens (tertiary/aromatic N) is 2. The topological polar surface area (TPSA) is 102 Å². The smallest absolute Gasteiger partial charge is 0.273 e. The number of thiocarbonyl (C=S) groups is 1. The van der Waals surface area contributed by atoms with Gasteiger partial charge in [0.05, 0.1) is 23.8 Å². The van der Waals surface area contributed by atoms with Crippen LogP contribution >= 0.6 is 12.2 Å². The second-order valence-corrected chi connectivity index (χ2v) is 4.58. The number of nitrogens with one attached hydrogen (secondary N) is 1. The summed E-state index contributed by atoms with van der Waals surface area (Å²) in [7, 11) is 1.35. The Morgan fingerprint density at radius 1 is 1.38 bits per heavy atom. The maximum Gasteiger partial charge on any atom is 0.273 e. The zero-order valence-corrected chi connectivity index (χ0v) is 11.8. The number of carbonyl (C=O) groups is 2. The molecule has 9 heteroatoms. The number of non-ortho nitro benzene ring substituents is 1. The number of benzene rings is 1. The van der Waals surface area contributed by atoms with Gasteiger partial charge in [-0.3, -0.25) is 19.7 Å².